The summed E-state index contributed by atoms with van der Waals surface area (Å²) < 4.78 is 33.9. The van der Waals surface area contributed by atoms with E-state index in [2.05, 4.69) is 4.72 Å². The van der Waals surface area contributed by atoms with Gasteiger partial charge in [0.15, 0.2) is 0 Å². The van der Waals surface area contributed by atoms with Crippen LogP contribution in [-0.2, 0) is 21.4 Å². The summed E-state index contributed by atoms with van der Waals surface area (Å²) in [6.07, 6.45) is 0.954. The van der Waals surface area contributed by atoms with Crippen LogP contribution >= 0.6 is 11.8 Å². The maximum atomic E-state index is 12.8. The van der Waals surface area contributed by atoms with E-state index in [1.165, 1.54) is 6.92 Å². The van der Waals surface area contributed by atoms with Gasteiger partial charge in [-0.1, -0.05) is 12.1 Å². The lowest BCUT2D eigenvalue weighted by Gasteiger charge is -2.21. The number of sulfonamides is 1. The Bertz CT molecular complexity index is 973. The lowest BCUT2D eigenvalue weighted by atomic mass is 10.2. The minimum atomic E-state index is -3.71. The van der Waals surface area contributed by atoms with Gasteiger partial charge in [0.2, 0.25) is 15.9 Å². The molecule has 0 saturated carbocycles. The second kappa shape index (κ2) is 9.19. The predicted molar refractivity (Wildman–Crippen MR) is 116 cm³/mol. The average molecular weight is 435 g/mol. The Labute approximate surface area is 176 Å². The summed E-state index contributed by atoms with van der Waals surface area (Å²) in [5.41, 5.74) is 1.50. The van der Waals surface area contributed by atoms with Crippen LogP contribution in [0.4, 0.5) is 5.69 Å². The molecule has 8 heteroatoms. The third kappa shape index (κ3) is 5.52. The molecule has 0 unspecified atom stereocenters. The number of amides is 1. The molecule has 0 radical (unpaired) electrons. The zero-order valence-electron chi connectivity index (χ0n) is 16.8. The van der Waals surface area contributed by atoms with Crippen LogP contribution in [0, 0.1) is 0 Å². The van der Waals surface area contributed by atoms with Crippen LogP contribution in [0.5, 0.6) is 5.75 Å². The standard InChI is InChI=1S/C21H26N2O4S2/c1-15(2)27-18-7-5-17(6-8-18)14-22-29(25,26)19-9-10-21-20(13-19)23(16(3)24)11-4-12-28-21/h5-10,13,15,22H,4,11-12,14H2,1-3H3. The molecule has 29 heavy (non-hydrogen) atoms. The summed E-state index contributed by atoms with van der Waals surface area (Å²) in [5, 5.41) is 0. The molecule has 2 aromatic rings. The largest absolute Gasteiger partial charge is 0.491 e. The third-order valence-electron chi connectivity index (χ3n) is 4.46. The Hall–Kier alpha value is -2.03. The fourth-order valence-electron chi connectivity index (χ4n) is 3.07. The van der Waals surface area contributed by atoms with Gasteiger partial charge in [0.05, 0.1) is 16.7 Å². The van der Waals surface area contributed by atoms with Crippen molar-refractivity contribution < 1.29 is 17.9 Å². The first-order chi connectivity index (χ1) is 13.8. The van der Waals surface area contributed by atoms with Crippen molar-refractivity contribution in [1.82, 2.24) is 4.72 Å². The van der Waals surface area contributed by atoms with Crippen LogP contribution in [0.1, 0.15) is 32.8 Å². The first kappa shape index (κ1) is 21.7. The quantitative estimate of drug-likeness (QED) is 0.748. The lowest BCUT2D eigenvalue weighted by molar-refractivity contribution is -0.116. The van der Waals surface area contributed by atoms with E-state index in [0.717, 1.165) is 28.4 Å². The summed E-state index contributed by atoms with van der Waals surface area (Å²) in [7, 11) is -3.71. The topological polar surface area (TPSA) is 75.7 Å². The fraction of sp³-hybridized carbons (Fsp3) is 0.381. The molecule has 0 spiro atoms. The number of thioether (sulfide) groups is 1. The lowest BCUT2D eigenvalue weighted by Crippen LogP contribution is -2.30. The molecule has 1 N–H and O–H groups in total. The van der Waals surface area contributed by atoms with Crippen LogP contribution in [0.3, 0.4) is 0 Å². The number of rotatable bonds is 6. The fourth-order valence-corrected chi connectivity index (χ4v) is 5.08. The van der Waals surface area contributed by atoms with Crippen molar-refractivity contribution in [2.45, 2.75) is 49.6 Å². The van der Waals surface area contributed by atoms with Gasteiger partial charge in [0.1, 0.15) is 5.75 Å². The number of hydrogen-bond acceptors (Lipinski definition) is 5. The predicted octanol–water partition coefficient (Wildman–Crippen LogP) is 3.80. The highest BCUT2D eigenvalue weighted by molar-refractivity contribution is 7.99. The zero-order valence-corrected chi connectivity index (χ0v) is 18.5. The van der Waals surface area contributed by atoms with E-state index >= 15 is 0 Å². The molecular formula is C21H26N2O4S2. The van der Waals surface area contributed by atoms with Crippen LogP contribution < -0.4 is 14.4 Å². The molecule has 0 fully saturated rings. The minimum Gasteiger partial charge on any atom is -0.491 e. The Morgan fingerprint density at radius 1 is 1.21 bits per heavy atom. The SMILES string of the molecule is CC(=O)N1CCCSc2ccc(S(=O)(=O)NCc3ccc(OC(C)C)cc3)cc21. The number of ether oxygens (including phenoxy) is 1. The number of fused-ring (bicyclic) bond motifs is 1. The van der Waals surface area contributed by atoms with Crippen molar-refractivity contribution >= 4 is 33.4 Å². The number of carbonyl (C=O) groups is 1. The number of anilines is 1. The second-order valence-electron chi connectivity index (χ2n) is 7.14. The first-order valence-corrected chi connectivity index (χ1v) is 12.0. The van der Waals surface area contributed by atoms with Crippen molar-refractivity contribution in [3.05, 3.63) is 48.0 Å². The van der Waals surface area contributed by atoms with Gasteiger partial charge in [0.25, 0.3) is 0 Å². The van der Waals surface area contributed by atoms with Gasteiger partial charge in [-0.2, -0.15) is 0 Å². The molecule has 1 heterocycles. The Morgan fingerprint density at radius 2 is 1.93 bits per heavy atom. The number of hydrogen-bond donors (Lipinski definition) is 1. The van der Waals surface area contributed by atoms with Gasteiger partial charge in [-0.15, -0.1) is 11.8 Å². The van der Waals surface area contributed by atoms with Crippen LogP contribution in [0.25, 0.3) is 0 Å². The molecule has 0 atom stereocenters. The van der Waals surface area contributed by atoms with E-state index in [4.69, 9.17) is 4.74 Å². The maximum Gasteiger partial charge on any atom is 0.240 e. The normalized spacial score (nSPS) is 14.4. The zero-order chi connectivity index (χ0) is 21.0. The van der Waals surface area contributed by atoms with Gasteiger partial charge in [-0.3, -0.25) is 4.79 Å². The van der Waals surface area contributed by atoms with Crippen molar-refractivity contribution in [3.63, 3.8) is 0 Å². The van der Waals surface area contributed by atoms with E-state index in [-0.39, 0.29) is 23.5 Å². The van der Waals surface area contributed by atoms with Crippen LogP contribution in [-0.4, -0.2) is 32.7 Å². The van der Waals surface area contributed by atoms with Gasteiger partial charge in [0, 0.05) is 24.9 Å². The highest BCUT2D eigenvalue weighted by Crippen LogP contribution is 2.35. The summed E-state index contributed by atoms with van der Waals surface area (Å²) in [6, 6.07) is 12.3. The average Bonchev–Trinajstić information content (AvgIpc) is 2.89. The summed E-state index contributed by atoms with van der Waals surface area (Å²) in [5.74, 6) is 1.57. The Morgan fingerprint density at radius 3 is 2.59 bits per heavy atom. The number of nitrogens with one attached hydrogen (secondary N) is 1. The van der Waals surface area contributed by atoms with E-state index in [9.17, 15) is 13.2 Å². The molecule has 1 aliphatic heterocycles. The molecule has 0 aliphatic carbocycles. The molecule has 3 rings (SSSR count). The third-order valence-corrected chi connectivity index (χ3v) is 7.00. The van der Waals surface area contributed by atoms with Crippen molar-refractivity contribution in [2.75, 3.05) is 17.2 Å². The minimum absolute atomic E-state index is 0.0834. The first-order valence-electron chi connectivity index (χ1n) is 9.56. The molecule has 0 saturated heterocycles. The summed E-state index contributed by atoms with van der Waals surface area (Å²) >= 11 is 1.64. The van der Waals surface area contributed by atoms with Crippen molar-refractivity contribution in [1.29, 1.82) is 0 Å². The molecule has 0 aromatic heterocycles. The van der Waals surface area contributed by atoms with Gasteiger partial charge in [-0.25, -0.2) is 13.1 Å². The molecule has 0 bridgehead atoms. The second-order valence-corrected chi connectivity index (χ2v) is 10.0. The maximum absolute atomic E-state index is 12.8. The molecule has 1 amide bonds. The van der Waals surface area contributed by atoms with Gasteiger partial charge < -0.3 is 9.64 Å². The Balaban J connectivity index is 1.76. The van der Waals surface area contributed by atoms with E-state index < -0.39 is 10.0 Å². The monoisotopic (exact) mass is 434 g/mol. The van der Waals surface area contributed by atoms with Gasteiger partial charge >= 0.3 is 0 Å². The molecule has 156 valence electrons. The molecular weight excluding hydrogens is 408 g/mol. The molecule has 1 aliphatic rings. The number of nitrogens with zero attached hydrogens (tertiary/aromatic N) is 1. The highest BCUT2D eigenvalue weighted by Gasteiger charge is 2.22. The Kier molecular flexibility index (Phi) is 6.87. The summed E-state index contributed by atoms with van der Waals surface area (Å²) in [6.45, 7) is 6.18. The van der Waals surface area contributed by atoms with Crippen molar-refractivity contribution in [2.24, 2.45) is 0 Å². The van der Waals surface area contributed by atoms with E-state index in [1.807, 2.05) is 38.1 Å². The van der Waals surface area contributed by atoms with Gasteiger partial charge in [-0.05, 0) is 61.9 Å². The number of benzene rings is 2. The van der Waals surface area contributed by atoms with Crippen LogP contribution in [0.2, 0.25) is 0 Å². The highest BCUT2D eigenvalue weighted by atomic mass is 32.2. The number of carbonyl (C=O) groups excluding carboxylic acids is 1. The van der Waals surface area contributed by atoms with Crippen molar-refractivity contribution in [3.8, 4) is 5.75 Å². The smallest absolute Gasteiger partial charge is 0.240 e. The van der Waals surface area contributed by atoms with Crippen LogP contribution in [0.15, 0.2) is 52.3 Å². The molecule has 6 nitrogen and oxygen atoms in total. The summed E-state index contributed by atoms with van der Waals surface area (Å²) in [4.78, 5) is 14.8. The molecule has 2 aromatic carbocycles. The van der Waals surface area contributed by atoms with E-state index in [1.54, 1.807) is 34.9 Å². The van der Waals surface area contributed by atoms with E-state index in [0.29, 0.717) is 12.2 Å².